The maximum atomic E-state index is 11.6. The number of nitrogens with zero attached hydrogens (tertiary/aromatic N) is 1. The molecule has 1 saturated heterocycles. The average Bonchev–Trinajstić information content (AvgIpc) is 2.68. The van der Waals surface area contributed by atoms with Crippen LogP contribution in [-0.4, -0.2) is 38.9 Å². The number of hydrogen-bond acceptors (Lipinski definition) is 4. The molecule has 0 aromatic heterocycles. The molecule has 1 fully saturated rings. The largest absolute Gasteiger partial charge is 0.508 e. The number of carboxylic acid groups (broad SMARTS) is 1. The molecule has 2 amide bonds. The number of phenolic OH excluding ortho intramolecular Hbond substituents is 1. The van der Waals surface area contributed by atoms with Gasteiger partial charge in [0, 0.05) is 19.3 Å². The molecule has 2 N–H and O–H groups in total. The molecular formula is C13H13NO5. The summed E-state index contributed by atoms with van der Waals surface area (Å²) in [6, 6.07) is 4.81. The average molecular weight is 263 g/mol. The molecule has 1 aliphatic rings. The van der Waals surface area contributed by atoms with Gasteiger partial charge in [-0.25, -0.2) is 4.79 Å². The second kappa shape index (κ2) is 5.09. The molecule has 19 heavy (non-hydrogen) atoms. The van der Waals surface area contributed by atoms with E-state index in [-0.39, 0.29) is 25.0 Å². The predicted molar refractivity (Wildman–Crippen MR) is 64.3 cm³/mol. The monoisotopic (exact) mass is 263 g/mol. The number of carbonyl (C=O) groups excluding carboxylic acids is 2. The lowest BCUT2D eigenvalue weighted by Gasteiger charge is -2.22. The van der Waals surface area contributed by atoms with Crippen LogP contribution in [0.5, 0.6) is 5.75 Å². The first kappa shape index (κ1) is 13.1. The Balaban J connectivity index is 2.21. The topological polar surface area (TPSA) is 94.9 Å². The summed E-state index contributed by atoms with van der Waals surface area (Å²) in [6.45, 7) is 0. The van der Waals surface area contributed by atoms with Gasteiger partial charge in [-0.2, -0.15) is 0 Å². The Morgan fingerprint density at radius 2 is 1.68 bits per heavy atom. The number of aromatic hydroxyl groups is 1. The molecule has 1 atom stereocenters. The van der Waals surface area contributed by atoms with Crippen LogP contribution in [0.4, 0.5) is 0 Å². The molecule has 0 unspecified atom stereocenters. The minimum atomic E-state index is -1.21. The van der Waals surface area contributed by atoms with E-state index < -0.39 is 23.8 Å². The van der Waals surface area contributed by atoms with Crippen molar-refractivity contribution in [1.29, 1.82) is 0 Å². The highest BCUT2D eigenvalue weighted by atomic mass is 16.4. The Hall–Kier alpha value is -2.37. The summed E-state index contributed by atoms with van der Waals surface area (Å²) in [5, 5.41) is 18.4. The van der Waals surface area contributed by atoms with E-state index in [2.05, 4.69) is 0 Å². The highest BCUT2D eigenvalue weighted by Gasteiger charge is 2.38. The van der Waals surface area contributed by atoms with Gasteiger partial charge in [-0.15, -0.1) is 0 Å². The number of aliphatic carboxylic acids is 1. The highest BCUT2D eigenvalue weighted by molar-refractivity contribution is 6.04. The van der Waals surface area contributed by atoms with Gasteiger partial charge in [0.2, 0.25) is 11.8 Å². The fourth-order valence-electron chi connectivity index (χ4n) is 2.09. The molecule has 2 rings (SSSR count). The molecule has 0 spiro atoms. The maximum absolute atomic E-state index is 11.6. The first-order valence-electron chi connectivity index (χ1n) is 5.84. The number of likely N-dealkylation sites (tertiary alicyclic amines) is 1. The van der Waals surface area contributed by atoms with E-state index in [0.717, 1.165) is 4.90 Å². The summed E-state index contributed by atoms with van der Waals surface area (Å²) in [5.41, 5.74) is 0.637. The number of hydrogen-bond donors (Lipinski definition) is 2. The van der Waals surface area contributed by atoms with E-state index in [9.17, 15) is 19.5 Å². The van der Waals surface area contributed by atoms with Crippen molar-refractivity contribution in [1.82, 2.24) is 4.90 Å². The van der Waals surface area contributed by atoms with Crippen LogP contribution in [-0.2, 0) is 20.8 Å². The summed E-state index contributed by atoms with van der Waals surface area (Å²) in [5.74, 6) is -2.03. The van der Waals surface area contributed by atoms with Gasteiger partial charge in [-0.3, -0.25) is 14.5 Å². The number of carbonyl (C=O) groups is 3. The fourth-order valence-corrected chi connectivity index (χ4v) is 2.09. The molecule has 100 valence electrons. The van der Waals surface area contributed by atoms with E-state index in [1.807, 2.05) is 0 Å². The molecule has 1 aliphatic heterocycles. The standard InChI is InChI=1S/C13H13NO5/c15-9-3-1-8(2-4-9)7-10(13(18)19)14-11(16)5-6-12(14)17/h1-4,10,15H,5-7H2,(H,18,19)/t10-/m0/s1. The molecule has 0 aliphatic carbocycles. The van der Waals surface area contributed by atoms with Crippen LogP contribution < -0.4 is 0 Å². The van der Waals surface area contributed by atoms with Crippen LogP contribution in [0.25, 0.3) is 0 Å². The molecule has 0 bridgehead atoms. The first-order valence-corrected chi connectivity index (χ1v) is 5.84. The minimum absolute atomic E-state index is 0.0348. The Bertz CT molecular complexity index is 506. The zero-order valence-corrected chi connectivity index (χ0v) is 10.1. The lowest BCUT2D eigenvalue weighted by Crippen LogP contribution is -2.45. The Morgan fingerprint density at radius 1 is 1.16 bits per heavy atom. The molecule has 1 aromatic carbocycles. The van der Waals surface area contributed by atoms with E-state index in [1.54, 1.807) is 12.1 Å². The van der Waals surface area contributed by atoms with E-state index in [4.69, 9.17) is 5.11 Å². The third-order valence-electron chi connectivity index (χ3n) is 3.05. The van der Waals surface area contributed by atoms with Gasteiger partial charge in [0.15, 0.2) is 0 Å². The summed E-state index contributed by atoms with van der Waals surface area (Å²) in [6.07, 6.45) is 0.170. The Labute approximate surface area is 109 Å². The van der Waals surface area contributed by atoms with Crippen molar-refractivity contribution in [2.24, 2.45) is 0 Å². The molecule has 0 saturated carbocycles. The summed E-state index contributed by atoms with van der Waals surface area (Å²) < 4.78 is 0. The van der Waals surface area contributed by atoms with Crippen LogP contribution in [0.3, 0.4) is 0 Å². The number of rotatable bonds is 4. The van der Waals surface area contributed by atoms with Gasteiger partial charge in [0.25, 0.3) is 0 Å². The molecule has 1 heterocycles. The van der Waals surface area contributed by atoms with Gasteiger partial charge in [-0.1, -0.05) is 12.1 Å². The van der Waals surface area contributed by atoms with Crippen LogP contribution in [0.15, 0.2) is 24.3 Å². The second-order valence-electron chi connectivity index (χ2n) is 4.38. The third kappa shape index (κ3) is 2.73. The fraction of sp³-hybridized carbons (Fsp3) is 0.308. The molecular weight excluding hydrogens is 250 g/mol. The number of benzene rings is 1. The zero-order chi connectivity index (χ0) is 14.0. The maximum Gasteiger partial charge on any atom is 0.327 e. The lowest BCUT2D eigenvalue weighted by molar-refractivity contribution is -0.154. The van der Waals surface area contributed by atoms with Crippen LogP contribution in [0.1, 0.15) is 18.4 Å². The van der Waals surface area contributed by atoms with E-state index >= 15 is 0 Å². The zero-order valence-electron chi connectivity index (χ0n) is 10.1. The minimum Gasteiger partial charge on any atom is -0.508 e. The van der Waals surface area contributed by atoms with Crippen molar-refractivity contribution in [3.05, 3.63) is 29.8 Å². The highest BCUT2D eigenvalue weighted by Crippen LogP contribution is 2.20. The van der Waals surface area contributed by atoms with Crippen molar-refractivity contribution >= 4 is 17.8 Å². The Kier molecular flexibility index (Phi) is 3.50. The quantitative estimate of drug-likeness (QED) is 0.773. The second-order valence-corrected chi connectivity index (χ2v) is 4.38. The molecule has 1 aromatic rings. The van der Waals surface area contributed by atoms with Gasteiger partial charge in [0.1, 0.15) is 11.8 Å². The molecule has 0 radical (unpaired) electrons. The van der Waals surface area contributed by atoms with Gasteiger partial charge < -0.3 is 10.2 Å². The van der Waals surface area contributed by atoms with Crippen molar-refractivity contribution in [3.8, 4) is 5.75 Å². The summed E-state index contributed by atoms with van der Waals surface area (Å²) >= 11 is 0. The van der Waals surface area contributed by atoms with E-state index in [0.29, 0.717) is 5.56 Å². The number of amides is 2. The lowest BCUT2D eigenvalue weighted by atomic mass is 10.0. The number of carboxylic acids is 1. The smallest absolute Gasteiger partial charge is 0.327 e. The third-order valence-corrected chi connectivity index (χ3v) is 3.05. The predicted octanol–water partition coefficient (Wildman–Crippen LogP) is 0.537. The first-order chi connectivity index (χ1) is 8.99. The summed E-state index contributed by atoms with van der Waals surface area (Å²) in [4.78, 5) is 35.2. The van der Waals surface area contributed by atoms with Crippen molar-refractivity contribution in [2.75, 3.05) is 0 Å². The van der Waals surface area contributed by atoms with Crippen LogP contribution >= 0.6 is 0 Å². The Morgan fingerprint density at radius 3 is 2.16 bits per heavy atom. The van der Waals surface area contributed by atoms with Crippen LogP contribution in [0.2, 0.25) is 0 Å². The van der Waals surface area contributed by atoms with Crippen LogP contribution in [0, 0.1) is 0 Å². The van der Waals surface area contributed by atoms with Crippen molar-refractivity contribution in [3.63, 3.8) is 0 Å². The van der Waals surface area contributed by atoms with Crippen molar-refractivity contribution in [2.45, 2.75) is 25.3 Å². The normalized spacial score (nSPS) is 16.7. The van der Waals surface area contributed by atoms with Gasteiger partial charge >= 0.3 is 5.97 Å². The summed E-state index contributed by atoms with van der Waals surface area (Å²) in [7, 11) is 0. The SMILES string of the molecule is O=C(O)[C@H](Cc1ccc(O)cc1)N1C(=O)CCC1=O. The van der Waals surface area contributed by atoms with Gasteiger partial charge in [0.05, 0.1) is 0 Å². The van der Waals surface area contributed by atoms with Crippen molar-refractivity contribution < 1.29 is 24.6 Å². The number of imide groups is 1. The van der Waals surface area contributed by atoms with E-state index in [1.165, 1.54) is 12.1 Å². The molecule has 6 heteroatoms. The number of phenols is 1. The molecule has 6 nitrogen and oxygen atoms in total. The van der Waals surface area contributed by atoms with Gasteiger partial charge in [-0.05, 0) is 17.7 Å².